The van der Waals surface area contributed by atoms with Gasteiger partial charge in [-0.2, -0.15) is 0 Å². The number of hydrogen-bond acceptors (Lipinski definition) is 7. The minimum absolute atomic E-state index is 0.0848. The molecule has 0 spiro atoms. The average Bonchev–Trinajstić information content (AvgIpc) is 3.44. The zero-order valence-electron chi connectivity index (χ0n) is 26.9. The average molecular weight is 624 g/mol. The molecule has 3 fully saturated rings. The first-order chi connectivity index (χ1) is 20.4. The number of rotatable bonds is 8. The Labute approximate surface area is 263 Å². The Morgan fingerprint density at radius 1 is 1.09 bits per heavy atom. The van der Waals surface area contributed by atoms with Crippen LogP contribution in [0.25, 0.3) is 10.2 Å². The van der Waals surface area contributed by atoms with Crippen molar-refractivity contribution in [3.05, 3.63) is 29.3 Å². The summed E-state index contributed by atoms with van der Waals surface area (Å²) in [6, 6.07) is 4.84. The first kappa shape index (κ1) is 32.1. The van der Waals surface area contributed by atoms with Crippen molar-refractivity contribution < 1.29 is 24.0 Å². The summed E-state index contributed by atoms with van der Waals surface area (Å²) in [4.78, 5) is 74.1. The SMILES string of the molecule is CC(C)(C)C(=O)N[C@H](C(=O)N1C[C@H]2[C@@H]([C@H]1C(=O)N[C@@H](C[C@@H]1CCNC1=O)C(=O)c1nc3ccccc3s1)C2(C)C)C(C)(C)C. The van der Waals surface area contributed by atoms with Crippen LogP contribution in [0.2, 0.25) is 0 Å². The highest BCUT2D eigenvalue weighted by atomic mass is 32.1. The molecule has 3 heterocycles. The zero-order valence-corrected chi connectivity index (χ0v) is 27.8. The number of ketones is 1. The van der Waals surface area contributed by atoms with Gasteiger partial charge in [0.25, 0.3) is 0 Å². The lowest BCUT2D eigenvalue weighted by Gasteiger charge is -2.38. The molecule has 1 aromatic heterocycles. The van der Waals surface area contributed by atoms with E-state index in [0.717, 1.165) is 4.70 Å². The summed E-state index contributed by atoms with van der Waals surface area (Å²) in [5, 5.41) is 9.04. The quantitative estimate of drug-likeness (QED) is 0.385. The first-order valence-electron chi connectivity index (χ1n) is 15.5. The molecular weight excluding hydrogens is 578 g/mol. The van der Waals surface area contributed by atoms with E-state index in [4.69, 9.17) is 0 Å². The van der Waals surface area contributed by atoms with E-state index in [1.807, 2.05) is 45.0 Å². The molecular formula is C33H45N5O5S. The van der Waals surface area contributed by atoms with Crippen LogP contribution in [0.1, 0.15) is 78.0 Å². The molecule has 2 aliphatic heterocycles. The Kier molecular flexibility index (Phi) is 8.18. The molecule has 2 aromatic rings. The van der Waals surface area contributed by atoms with Crippen molar-refractivity contribution in [3.8, 4) is 0 Å². The molecule has 0 unspecified atom stereocenters. The molecule has 4 amide bonds. The van der Waals surface area contributed by atoms with Crippen LogP contribution in [0.4, 0.5) is 0 Å². The Bertz CT molecular complexity index is 1470. The van der Waals surface area contributed by atoms with Crippen LogP contribution in [0.5, 0.6) is 0 Å². The number of piperidine rings is 1. The van der Waals surface area contributed by atoms with Gasteiger partial charge in [0.1, 0.15) is 12.1 Å². The lowest BCUT2D eigenvalue weighted by Crippen LogP contribution is -2.61. The number of aromatic nitrogens is 1. The van der Waals surface area contributed by atoms with Gasteiger partial charge in [-0.1, -0.05) is 67.5 Å². The van der Waals surface area contributed by atoms with Gasteiger partial charge < -0.3 is 20.9 Å². The summed E-state index contributed by atoms with van der Waals surface area (Å²) in [5.74, 6) is -1.81. The topological polar surface area (TPSA) is 138 Å². The third kappa shape index (κ3) is 5.99. The number of Topliss-reactive ketones (excluding diaryl/α,β-unsaturated/α-hetero) is 1. The van der Waals surface area contributed by atoms with Crippen LogP contribution >= 0.6 is 11.3 Å². The molecule has 0 bridgehead atoms. The van der Waals surface area contributed by atoms with Crippen molar-refractivity contribution in [1.82, 2.24) is 25.8 Å². The lowest BCUT2D eigenvalue weighted by atomic mass is 9.84. The number of nitrogens with one attached hydrogen (secondary N) is 3. The number of likely N-dealkylation sites (tertiary alicyclic amines) is 1. The molecule has 5 rings (SSSR count). The normalized spacial score (nSPS) is 25.6. The van der Waals surface area contributed by atoms with Gasteiger partial charge in [-0.3, -0.25) is 24.0 Å². The number of nitrogens with zero attached hydrogens (tertiary/aromatic N) is 2. The van der Waals surface area contributed by atoms with E-state index >= 15 is 0 Å². The molecule has 0 radical (unpaired) electrons. The van der Waals surface area contributed by atoms with E-state index in [1.54, 1.807) is 25.7 Å². The summed E-state index contributed by atoms with van der Waals surface area (Å²) in [6.45, 7) is 16.2. The molecule has 1 aliphatic carbocycles. The molecule has 2 saturated heterocycles. The Hall–Kier alpha value is -3.34. The minimum Gasteiger partial charge on any atom is -0.356 e. The Morgan fingerprint density at radius 3 is 2.36 bits per heavy atom. The van der Waals surface area contributed by atoms with Gasteiger partial charge in [0.2, 0.25) is 29.4 Å². The van der Waals surface area contributed by atoms with Crippen molar-refractivity contribution >= 4 is 51.0 Å². The predicted octanol–water partition coefficient (Wildman–Crippen LogP) is 3.55. The molecule has 3 N–H and O–H groups in total. The Morgan fingerprint density at radius 2 is 1.77 bits per heavy atom. The van der Waals surface area contributed by atoms with Gasteiger partial charge >= 0.3 is 0 Å². The van der Waals surface area contributed by atoms with Gasteiger partial charge in [0, 0.05) is 24.4 Å². The second kappa shape index (κ2) is 11.2. The highest BCUT2D eigenvalue weighted by Gasteiger charge is 2.70. The van der Waals surface area contributed by atoms with Crippen LogP contribution in [0.3, 0.4) is 0 Å². The molecule has 44 heavy (non-hydrogen) atoms. The molecule has 6 atom stereocenters. The fraction of sp³-hybridized carbons (Fsp3) is 0.636. The van der Waals surface area contributed by atoms with Gasteiger partial charge in [-0.15, -0.1) is 11.3 Å². The monoisotopic (exact) mass is 623 g/mol. The second-order valence-electron chi connectivity index (χ2n) is 15.3. The molecule has 10 nitrogen and oxygen atoms in total. The standard InChI is InChI=1S/C33H45N5O5S/c1-31(2,3)25(37-30(43)32(4,5)6)29(42)38-16-18-22(33(18,7)8)23(38)27(41)35-20(15-17-13-14-34-26(17)40)24(39)28-36-19-11-9-10-12-21(19)44-28/h9-12,17-18,20,22-23,25H,13-16H2,1-8H3,(H,34,40)(H,35,41)(H,37,43)/t17-,18-,20-,22-,23-,25+/m0/s1. The minimum atomic E-state index is -0.978. The fourth-order valence-corrected chi connectivity index (χ4v) is 7.71. The van der Waals surface area contributed by atoms with Crippen molar-refractivity contribution in [2.75, 3.05) is 13.1 Å². The molecule has 3 aliphatic rings. The maximum Gasteiger partial charge on any atom is 0.246 e. The summed E-state index contributed by atoms with van der Waals surface area (Å²) < 4.78 is 0.861. The summed E-state index contributed by atoms with van der Waals surface area (Å²) in [7, 11) is 0. The van der Waals surface area contributed by atoms with Crippen LogP contribution in [0, 0.1) is 34.0 Å². The lowest BCUT2D eigenvalue weighted by molar-refractivity contribution is -0.146. The van der Waals surface area contributed by atoms with E-state index in [-0.39, 0.29) is 52.2 Å². The highest BCUT2D eigenvalue weighted by molar-refractivity contribution is 7.20. The largest absolute Gasteiger partial charge is 0.356 e. The number of fused-ring (bicyclic) bond motifs is 2. The van der Waals surface area contributed by atoms with Crippen molar-refractivity contribution in [1.29, 1.82) is 0 Å². The van der Waals surface area contributed by atoms with Gasteiger partial charge in [0.05, 0.1) is 16.3 Å². The van der Waals surface area contributed by atoms with Crippen molar-refractivity contribution in [2.24, 2.45) is 34.0 Å². The van der Waals surface area contributed by atoms with E-state index in [1.165, 1.54) is 11.3 Å². The second-order valence-corrected chi connectivity index (χ2v) is 16.4. The maximum atomic E-state index is 14.3. The third-order valence-electron chi connectivity index (χ3n) is 9.65. The van der Waals surface area contributed by atoms with Crippen molar-refractivity contribution in [3.63, 3.8) is 0 Å². The van der Waals surface area contributed by atoms with Crippen molar-refractivity contribution in [2.45, 2.75) is 86.4 Å². The first-order valence-corrected chi connectivity index (χ1v) is 16.3. The van der Waals surface area contributed by atoms with E-state index < -0.39 is 40.8 Å². The maximum absolute atomic E-state index is 14.3. The number of hydrogen-bond donors (Lipinski definition) is 3. The van der Waals surface area contributed by atoms with Crippen LogP contribution < -0.4 is 16.0 Å². The smallest absolute Gasteiger partial charge is 0.246 e. The Balaban J connectivity index is 1.43. The number of carbonyl (C=O) groups excluding carboxylic acids is 5. The van der Waals surface area contributed by atoms with Gasteiger partial charge in [-0.25, -0.2) is 4.98 Å². The third-order valence-corrected chi connectivity index (χ3v) is 10.7. The number of carbonyl (C=O) groups is 5. The zero-order chi connectivity index (χ0) is 32.4. The van der Waals surface area contributed by atoms with Gasteiger partial charge in [0.15, 0.2) is 5.01 Å². The number of benzene rings is 1. The highest BCUT2D eigenvalue weighted by Crippen LogP contribution is 2.65. The van der Waals surface area contributed by atoms with Crippen LogP contribution in [-0.4, -0.2) is 70.5 Å². The van der Waals surface area contributed by atoms with E-state index in [9.17, 15) is 24.0 Å². The number of para-hydroxylation sites is 1. The van der Waals surface area contributed by atoms with Crippen LogP contribution in [-0.2, 0) is 19.2 Å². The number of amides is 4. The van der Waals surface area contributed by atoms with Crippen LogP contribution in [0.15, 0.2) is 24.3 Å². The van der Waals surface area contributed by atoms with E-state index in [2.05, 4.69) is 34.8 Å². The predicted molar refractivity (Wildman–Crippen MR) is 169 cm³/mol. The van der Waals surface area contributed by atoms with Gasteiger partial charge in [-0.05, 0) is 47.6 Å². The fourth-order valence-electron chi connectivity index (χ4n) is 6.75. The molecule has 238 valence electrons. The molecule has 1 saturated carbocycles. The summed E-state index contributed by atoms with van der Waals surface area (Å²) in [5.41, 5.74) is -0.758. The van der Waals surface area contributed by atoms with E-state index in [0.29, 0.717) is 25.0 Å². The summed E-state index contributed by atoms with van der Waals surface area (Å²) >= 11 is 1.26. The molecule has 1 aromatic carbocycles. The number of thiazole rings is 1. The molecule has 11 heteroatoms. The summed E-state index contributed by atoms with van der Waals surface area (Å²) in [6.07, 6.45) is 0.724.